The molecule has 0 saturated carbocycles. The van der Waals surface area contributed by atoms with Gasteiger partial charge < -0.3 is 11.1 Å². The molecule has 6 heteroatoms. The number of pyridine rings is 1. The van der Waals surface area contributed by atoms with Crippen LogP contribution in [-0.2, 0) is 11.2 Å². The number of hydrogen-bond donors (Lipinski definition) is 2. The van der Waals surface area contributed by atoms with E-state index in [0.717, 1.165) is 5.56 Å². The Morgan fingerprint density at radius 3 is 2.52 bits per heavy atom. The van der Waals surface area contributed by atoms with Crippen LogP contribution in [0.4, 0.5) is 0 Å². The summed E-state index contributed by atoms with van der Waals surface area (Å²) in [6.07, 6.45) is 3.30. The summed E-state index contributed by atoms with van der Waals surface area (Å²) >= 11 is 5.81. The predicted octanol–water partition coefficient (Wildman–Crippen LogP) is 1.56. The van der Waals surface area contributed by atoms with Crippen LogP contribution in [-0.4, -0.2) is 22.8 Å². The average Bonchev–Trinajstić information content (AvgIpc) is 2.49. The Hall–Kier alpha value is -2.40. The zero-order chi connectivity index (χ0) is 15.2. The van der Waals surface area contributed by atoms with Gasteiger partial charge in [-0.25, -0.2) is 0 Å². The lowest BCUT2D eigenvalue weighted by Gasteiger charge is -2.15. The van der Waals surface area contributed by atoms with E-state index in [9.17, 15) is 9.59 Å². The van der Waals surface area contributed by atoms with E-state index in [2.05, 4.69) is 10.3 Å². The first kappa shape index (κ1) is 15.0. The van der Waals surface area contributed by atoms with Crippen LogP contribution in [0.3, 0.4) is 0 Å². The number of benzene rings is 1. The van der Waals surface area contributed by atoms with E-state index in [1.54, 1.807) is 42.6 Å². The molecule has 108 valence electrons. The minimum Gasteiger partial charge on any atom is -0.368 e. The molecule has 5 nitrogen and oxygen atoms in total. The molecule has 2 amide bonds. The molecule has 2 rings (SSSR count). The number of primary amides is 1. The highest BCUT2D eigenvalue weighted by Gasteiger charge is 2.19. The number of carbonyl (C=O) groups excluding carboxylic acids is 2. The summed E-state index contributed by atoms with van der Waals surface area (Å²) in [6.45, 7) is 0. The van der Waals surface area contributed by atoms with Gasteiger partial charge in [-0.1, -0.05) is 23.7 Å². The molecule has 1 heterocycles. The molecule has 0 spiro atoms. The summed E-state index contributed by atoms with van der Waals surface area (Å²) in [4.78, 5) is 27.4. The van der Waals surface area contributed by atoms with Gasteiger partial charge in [0.05, 0.1) is 5.56 Å². The molecular formula is C15H14ClN3O2. The van der Waals surface area contributed by atoms with Crippen molar-refractivity contribution in [2.75, 3.05) is 0 Å². The van der Waals surface area contributed by atoms with E-state index in [1.807, 2.05) is 0 Å². The van der Waals surface area contributed by atoms with Crippen LogP contribution >= 0.6 is 11.6 Å². The number of rotatable bonds is 5. The standard InChI is InChI=1S/C15H14ClN3O2/c16-12-5-3-10(4-6-12)8-13(14(17)20)19-15(21)11-2-1-7-18-9-11/h1-7,9,13H,8H2,(H2,17,20)(H,19,21)/t13-/m0/s1. The van der Waals surface area contributed by atoms with E-state index in [0.29, 0.717) is 17.0 Å². The second kappa shape index (κ2) is 6.85. The Kier molecular flexibility index (Phi) is 4.90. The molecule has 0 fully saturated rings. The first-order valence-corrected chi connectivity index (χ1v) is 6.68. The molecule has 0 bridgehead atoms. The maximum atomic E-state index is 12.0. The molecule has 21 heavy (non-hydrogen) atoms. The highest BCUT2D eigenvalue weighted by atomic mass is 35.5. The monoisotopic (exact) mass is 303 g/mol. The number of carbonyl (C=O) groups is 2. The molecule has 1 aromatic heterocycles. The first-order chi connectivity index (χ1) is 10.1. The van der Waals surface area contributed by atoms with Crippen LogP contribution in [0.25, 0.3) is 0 Å². The van der Waals surface area contributed by atoms with Crippen LogP contribution < -0.4 is 11.1 Å². The fourth-order valence-electron chi connectivity index (χ4n) is 1.82. The molecular weight excluding hydrogens is 290 g/mol. The summed E-state index contributed by atoms with van der Waals surface area (Å²) in [5.74, 6) is -0.983. The quantitative estimate of drug-likeness (QED) is 0.879. The minimum absolute atomic E-state index is 0.304. The molecule has 0 aliphatic carbocycles. The van der Waals surface area contributed by atoms with E-state index < -0.39 is 11.9 Å². The van der Waals surface area contributed by atoms with Crippen LogP contribution in [0.5, 0.6) is 0 Å². The lowest BCUT2D eigenvalue weighted by atomic mass is 10.1. The minimum atomic E-state index is -0.793. The summed E-state index contributed by atoms with van der Waals surface area (Å²) in [5.41, 5.74) is 6.58. The van der Waals surface area contributed by atoms with Crippen LogP contribution in [0.2, 0.25) is 5.02 Å². The van der Waals surface area contributed by atoms with Gasteiger partial charge in [0, 0.05) is 23.8 Å². The van der Waals surface area contributed by atoms with Crippen molar-refractivity contribution in [3.63, 3.8) is 0 Å². The zero-order valence-corrected chi connectivity index (χ0v) is 11.9. The van der Waals surface area contributed by atoms with Gasteiger partial charge in [-0.3, -0.25) is 14.6 Å². The molecule has 0 aliphatic heterocycles. The lowest BCUT2D eigenvalue weighted by molar-refractivity contribution is -0.119. The third-order valence-electron chi connectivity index (χ3n) is 2.93. The van der Waals surface area contributed by atoms with Gasteiger partial charge in [-0.05, 0) is 29.8 Å². The molecule has 0 saturated heterocycles. The predicted molar refractivity (Wildman–Crippen MR) is 79.8 cm³/mol. The van der Waals surface area contributed by atoms with E-state index >= 15 is 0 Å². The fraction of sp³-hybridized carbons (Fsp3) is 0.133. The number of amides is 2. The van der Waals surface area contributed by atoms with E-state index in [4.69, 9.17) is 17.3 Å². The van der Waals surface area contributed by atoms with Gasteiger partial charge in [0.1, 0.15) is 6.04 Å². The third kappa shape index (κ3) is 4.29. The number of nitrogens with one attached hydrogen (secondary N) is 1. The van der Waals surface area contributed by atoms with Crippen molar-refractivity contribution >= 4 is 23.4 Å². The normalized spacial score (nSPS) is 11.7. The number of nitrogens with zero attached hydrogens (tertiary/aromatic N) is 1. The Morgan fingerprint density at radius 1 is 1.24 bits per heavy atom. The Morgan fingerprint density at radius 2 is 1.95 bits per heavy atom. The number of hydrogen-bond acceptors (Lipinski definition) is 3. The molecule has 2 aromatic rings. The maximum Gasteiger partial charge on any atom is 0.253 e. The number of nitrogens with two attached hydrogens (primary N) is 1. The molecule has 0 aliphatic rings. The van der Waals surface area contributed by atoms with Crippen LogP contribution in [0.15, 0.2) is 48.8 Å². The highest BCUT2D eigenvalue weighted by Crippen LogP contribution is 2.11. The van der Waals surface area contributed by atoms with Crippen molar-refractivity contribution in [3.05, 3.63) is 64.9 Å². The Bertz CT molecular complexity index is 629. The van der Waals surface area contributed by atoms with Crippen molar-refractivity contribution in [2.45, 2.75) is 12.5 Å². The van der Waals surface area contributed by atoms with Crippen molar-refractivity contribution < 1.29 is 9.59 Å². The molecule has 1 aromatic carbocycles. The largest absolute Gasteiger partial charge is 0.368 e. The van der Waals surface area contributed by atoms with Crippen molar-refractivity contribution in [1.29, 1.82) is 0 Å². The van der Waals surface area contributed by atoms with Crippen molar-refractivity contribution in [3.8, 4) is 0 Å². The second-order valence-corrected chi connectivity index (χ2v) is 4.94. The van der Waals surface area contributed by atoms with Gasteiger partial charge in [0.2, 0.25) is 5.91 Å². The SMILES string of the molecule is NC(=O)[C@H](Cc1ccc(Cl)cc1)NC(=O)c1cccnc1. The Balaban J connectivity index is 2.07. The molecule has 0 radical (unpaired) electrons. The van der Waals surface area contributed by atoms with Crippen LogP contribution in [0, 0.1) is 0 Å². The van der Waals surface area contributed by atoms with E-state index in [1.165, 1.54) is 6.20 Å². The number of halogens is 1. The highest BCUT2D eigenvalue weighted by molar-refractivity contribution is 6.30. The maximum absolute atomic E-state index is 12.0. The van der Waals surface area contributed by atoms with Gasteiger partial charge in [-0.15, -0.1) is 0 Å². The molecule has 0 unspecified atom stereocenters. The summed E-state index contributed by atoms with van der Waals surface area (Å²) in [6, 6.07) is 9.48. The second-order valence-electron chi connectivity index (χ2n) is 4.50. The smallest absolute Gasteiger partial charge is 0.253 e. The zero-order valence-electron chi connectivity index (χ0n) is 11.1. The number of aromatic nitrogens is 1. The third-order valence-corrected chi connectivity index (χ3v) is 3.18. The van der Waals surface area contributed by atoms with Crippen molar-refractivity contribution in [2.24, 2.45) is 5.73 Å². The average molecular weight is 304 g/mol. The van der Waals surface area contributed by atoms with Gasteiger partial charge in [0.25, 0.3) is 5.91 Å². The lowest BCUT2D eigenvalue weighted by Crippen LogP contribution is -2.45. The summed E-state index contributed by atoms with van der Waals surface area (Å²) < 4.78 is 0. The summed E-state index contributed by atoms with van der Waals surface area (Å²) in [5, 5.41) is 3.21. The van der Waals surface area contributed by atoms with Gasteiger partial charge >= 0.3 is 0 Å². The molecule has 3 N–H and O–H groups in total. The van der Waals surface area contributed by atoms with Gasteiger partial charge in [-0.2, -0.15) is 0 Å². The topological polar surface area (TPSA) is 85.1 Å². The Labute approximate surface area is 127 Å². The van der Waals surface area contributed by atoms with E-state index in [-0.39, 0.29) is 5.91 Å². The van der Waals surface area contributed by atoms with Crippen molar-refractivity contribution in [1.82, 2.24) is 10.3 Å². The molecule has 1 atom stereocenters. The first-order valence-electron chi connectivity index (χ1n) is 6.31. The van der Waals surface area contributed by atoms with Gasteiger partial charge in [0.15, 0.2) is 0 Å². The van der Waals surface area contributed by atoms with Crippen LogP contribution in [0.1, 0.15) is 15.9 Å². The fourth-order valence-corrected chi connectivity index (χ4v) is 1.94. The summed E-state index contributed by atoms with van der Waals surface area (Å²) in [7, 11) is 0.